The first-order chi connectivity index (χ1) is 11.0. The molecule has 0 bridgehead atoms. The van der Waals surface area contributed by atoms with Gasteiger partial charge < -0.3 is 19.6 Å². The van der Waals surface area contributed by atoms with Crippen LogP contribution in [-0.4, -0.2) is 48.9 Å². The topological polar surface area (TPSA) is 143 Å². The van der Waals surface area contributed by atoms with Crippen molar-refractivity contribution in [1.82, 2.24) is 19.5 Å². The van der Waals surface area contributed by atoms with Gasteiger partial charge in [-0.1, -0.05) is 0 Å². The Bertz CT molecular complexity index is 852. The molecule has 0 saturated carbocycles. The third-order valence-electron chi connectivity index (χ3n) is 3.66. The molecule has 0 unspecified atom stereocenters. The quantitative estimate of drug-likeness (QED) is 0.702. The SMILES string of the molecule is CC(=O)OC[C@@]1(C#N)O[C@@H](n2cnc3c(=O)[nH]cnc32)C[C@@H]1O. The van der Waals surface area contributed by atoms with Crippen molar-refractivity contribution < 1.29 is 19.4 Å². The fraction of sp³-hybridized carbons (Fsp3) is 0.462. The Morgan fingerprint density at radius 3 is 3.17 bits per heavy atom. The average Bonchev–Trinajstić information content (AvgIpc) is 3.08. The minimum absolute atomic E-state index is 0.0642. The van der Waals surface area contributed by atoms with E-state index in [4.69, 9.17) is 9.47 Å². The van der Waals surface area contributed by atoms with E-state index in [0.29, 0.717) is 0 Å². The van der Waals surface area contributed by atoms with E-state index in [-0.39, 0.29) is 17.6 Å². The summed E-state index contributed by atoms with van der Waals surface area (Å²) in [5, 5.41) is 19.5. The molecule has 0 amide bonds. The molecule has 2 N–H and O–H groups in total. The summed E-state index contributed by atoms with van der Waals surface area (Å²) < 4.78 is 11.9. The van der Waals surface area contributed by atoms with Crippen LogP contribution in [0.3, 0.4) is 0 Å². The number of H-pyrrole nitrogens is 1. The van der Waals surface area contributed by atoms with Gasteiger partial charge in [-0.25, -0.2) is 9.97 Å². The fourth-order valence-electron chi connectivity index (χ4n) is 2.47. The second-order valence-corrected chi connectivity index (χ2v) is 5.16. The van der Waals surface area contributed by atoms with Gasteiger partial charge in [0.25, 0.3) is 5.56 Å². The Kier molecular flexibility index (Phi) is 3.59. The van der Waals surface area contributed by atoms with Gasteiger partial charge in [0, 0.05) is 13.3 Å². The zero-order valence-corrected chi connectivity index (χ0v) is 12.1. The largest absolute Gasteiger partial charge is 0.462 e. The molecule has 0 radical (unpaired) electrons. The van der Waals surface area contributed by atoms with Gasteiger partial charge in [-0.05, 0) is 0 Å². The molecule has 0 spiro atoms. The van der Waals surface area contributed by atoms with E-state index in [1.54, 1.807) is 0 Å². The van der Waals surface area contributed by atoms with Crippen molar-refractivity contribution in [3.63, 3.8) is 0 Å². The summed E-state index contributed by atoms with van der Waals surface area (Å²) >= 11 is 0. The molecule has 1 aliphatic rings. The van der Waals surface area contributed by atoms with E-state index in [1.807, 2.05) is 6.07 Å². The first-order valence-electron chi connectivity index (χ1n) is 6.77. The average molecular weight is 319 g/mol. The highest BCUT2D eigenvalue weighted by Crippen LogP contribution is 2.37. The zero-order chi connectivity index (χ0) is 16.6. The number of nitrogens with one attached hydrogen (secondary N) is 1. The van der Waals surface area contributed by atoms with E-state index >= 15 is 0 Å². The number of aromatic nitrogens is 4. The van der Waals surface area contributed by atoms with Crippen LogP contribution in [-0.2, 0) is 14.3 Å². The second kappa shape index (κ2) is 5.45. The van der Waals surface area contributed by atoms with Crippen LogP contribution >= 0.6 is 0 Å². The maximum atomic E-state index is 11.7. The third-order valence-corrected chi connectivity index (χ3v) is 3.66. The van der Waals surface area contributed by atoms with Gasteiger partial charge in [-0.3, -0.25) is 14.2 Å². The molecular formula is C13H13N5O5. The van der Waals surface area contributed by atoms with Crippen molar-refractivity contribution in [3.05, 3.63) is 23.0 Å². The molecule has 10 nitrogen and oxygen atoms in total. The van der Waals surface area contributed by atoms with Crippen molar-refractivity contribution in [2.24, 2.45) is 0 Å². The van der Waals surface area contributed by atoms with Crippen LogP contribution in [0.15, 0.2) is 17.4 Å². The van der Waals surface area contributed by atoms with Crippen LogP contribution in [0.25, 0.3) is 11.2 Å². The Hall–Kier alpha value is -2.77. The number of fused-ring (bicyclic) bond motifs is 1. The van der Waals surface area contributed by atoms with Gasteiger partial charge >= 0.3 is 5.97 Å². The third kappa shape index (κ3) is 2.45. The van der Waals surface area contributed by atoms with Crippen molar-refractivity contribution in [2.75, 3.05) is 6.61 Å². The van der Waals surface area contributed by atoms with Crippen molar-refractivity contribution in [3.8, 4) is 6.07 Å². The van der Waals surface area contributed by atoms with Crippen LogP contribution in [0.1, 0.15) is 19.6 Å². The highest BCUT2D eigenvalue weighted by molar-refractivity contribution is 5.69. The minimum atomic E-state index is -1.67. The summed E-state index contributed by atoms with van der Waals surface area (Å²) in [6.07, 6.45) is 0.707. The molecule has 3 atom stereocenters. The van der Waals surface area contributed by atoms with Gasteiger partial charge in [0.05, 0.1) is 12.7 Å². The van der Waals surface area contributed by atoms with Gasteiger partial charge in [-0.15, -0.1) is 0 Å². The number of nitriles is 1. The van der Waals surface area contributed by atoms with E-state index in [1.165, 1.54) is 24.1 Å². The van der Waals surface area contributed by atoms with Crippen LogP contribution in [0, 0.1) is 11.3 Å². The number of nitrogens with zero attached hydrogens (tertiary/aromatic N) is 4. The maximum Gasteiger partial charge on any atom is 0.302 e. The van der Waals surface area contributed by atoms with Gasteiger partial charge in [-0.2, -0.15) is 5.26 Å². The molecule has 2 aromatic rings. The Morgan fingerprint density at radius 2 is 2.48 bits per heavy atom. The highest BCUT2D eigenvalue weighted by atomic mass is 16.6. The number of imidazole rings is 1. The number of aromatic amines is 1. The normalized spacial score (nSPS) is 27.0. The predicted molar refractivity (Wildman–Crippen MR) is 73.9 cm³/mol. The first kappa shape index (κ1) is 15.1. The van der Waals surface area contributed by atoms with Crippen molar-refractivity contribution in [1.29, 1.82) is 5.26 Å². The van der Waals surface area contributed by atoms with E-state index in [0.717, 1.165) is 0 Å². The number of aliphatic hydroxyl groups excluding tert-OH is 1. The molecule has 1 saturated heterocycles. The maximum absolute atomic E-state index is 11.7. The predicted octanol–water partition coefficient (Wildman–Crippen LogP) is -0.775. The van der Waals surface area contributed by atoms with Gasteiger partial charge in [0.15, 0.2) is 11.2 Å². The molecule has 23 heavy (non-hydrogen) atoms. The van der Waals surface area contributed by atoms with Crippen molar-refractivity contribution in [2.45, 2.75) is 31.3 Å². The number of hydrogen-bond donors (Lipinski definition) is 2. The minimum Gasteiger partial charge on any atom is -0.462 e. The second-order valence-electron chi connectivity index (χ2n) is 5.16. The summed E-state index contributed by atoms with van der Waals surface area (Å²) in [5.41, 5.74) is -1.68. The molecule has 1 aliphatic heterocycles. The summed E-state index contributed by atoms with van der Waals surface area (Å²) in [6, 6.07) is 1.86. The molecule has 0 aliphatic carbocycles. The lowest BCUT2D eigenvalue weighted by Crippen LogP contribution is -2.43. The summed E-state index contributed by atoms with van der Waals surface area (Å²) in [6.45, 7) is 0.806. The molecule has 10 heteroatoms. The Balaban J connectivity index is 1.93. The number of ether oxygens (including phenoxy) is 2. The van der Waals surface area contributed by atoms with Crippen molar-refractivity contribution >= 4 is 17.1 Å². The number of carbonyl (C=O) groups excluding carboxylic acids is 1. The number of carbonyl (C=O) groups is 1. The van der Waals surface area contributed by atoms with Gasteiger partial charge in [0.1, 0.15) is 25.0 Å². The zero-order valence-electron chi connectivity index (χ0n) is 12.1. The molecule has 3 heterocycles. The van der Waals surface area contributed by atoms with E-state index in [2.05, 4.69) is 15.0 Å². The fourth-order valence-corrected chi connectivity index (χ4v) is 2.47. The molecular weight excluding hydrogens is 306 g/mol. The molecule has 0 aromatic carbocycles. The summed E-state index contributed by atoms with van der Waals surface area (Å²) in [5.74, 6) is -0.583. The van der Waals surface area contributed by atoms with Crippen LogP contribution < -0.4 is 5.56 Å². The van der Waals surface area contributed by atoms with Gasteiger partial charge in [0.2, 0.25) is 5.60 Å². The number of rotatable bonds is 3. The Morgan fingerprint density at radius 1 is 1.70 bits per heavy atom. The molecule has 3 rings (SSSR count). The standard InChI is InChI=1S/C13H13N5O5/c1-7(19)22-4-13(3-14)8(20)2-9(23-13)18-6-17-10-11(18)15-5-16-12(10)21/h5-6,8-9,20H,2,4H2,1H3,(H,15,16,21)/t8-,9+,13+/m0/s1. The molecule has 2 aromatic heterocycles. The smallest absolute Gasteiger partial charge is 0.302 e. The molecule has 1 fully saturated rings. The van der Waals surface area contributed by atoms with E-state index < -0.39 is 36.1 Å². The number of aliphatic hydroxyl groups is 1. The lowest BCUT2D eigenvalue weighted by atomic mass is 10.00. The summed E-state index contributed by atoms with van der Waals surface area (Å²) in [7, 11) is 0. The first-order valence-corrected chi connectivity index (χ1v) is 6.77. The lowest BCUT2D eigenvalue weighted by Gasteiger charge is -2.23. The van der Waals surface area contributed by atoms with Crippen LogP contribution in [0.4, 0.5) is 0 Å². The highest BCUT2D eigenvalue weighted by Gasteiger charge is 2.50. The lowest BCUT2D eigenvalue weighted by molar-refractivity contribution is -0.154. The summed E-state index contributed by atoms with van der Waals surface area (Å²) in [4.78, 5) is 33.0. The number of esters is 1. The molecule has 120 valence electrons. The monoisotopic (exact) mass is 319 g/mol. The van der Waals surface area contributed by atoms with E-state index in [9.17, 15) is 20.0 Å². The van der Waals surface area contributed by atoms with Crippen LogP contribution in [0.5, 0.6) is 0 Å². The number of hydrogen-bond acceptors (Lipinski definition) is 8. The van der Waals surface area contributed by atoms with Crippen LogP contribution in [0.2, 0.25) is 0 Å². The Labute approximate surface area is 129 Å².